The highest BCUT2D eigenvalue weighted by molar-refractivity contribution is 5.90. The molecule has 0 saturated carbocycles. The van der Waals surface area contributed by atoms with Crippen molar-refractivity contribution in [2.75, 3.05) is 5.32 Å². The molecule has 1 aromatic heterocycles. The van der Waals surface area contributed by atoms with Gasteiger partial charge < -0.3 is 10.4 Å². The third kappa shape index (κ3) is 4.02. The first-order valence-electron chi connectivity index (χ1n) is 7.63. The van der Waals surface area contributed by atoms with E-state index < -0.39 is 6.10 Å². The second-order valence-electron chi connectivity index (χ2n) is 5.34. The standard InChI is InChI=1S/C19H17N3O2/c23-17(14-7-3-1-4-8-14)11-18(24)22-16-12-20-19(21-13-16)15-9-5-2-6-10-15/h1-10,12-13,17,23H,11H2,(H,22,24). The number of carbonyl (C=O) groups excluding carboxylic acids is 1. The molecule has 24 heavy (non-hydrogen) atoms. The molecular weight excluding hydrogens is 302 g/mol. The summed E-state index contributed by atoms with van der Waals surface area (Å²) in [5.41, 5.74) is 2.12. The first-order chi connectivity index (χ1) is 11.7. The van der Waals surface area contributed by atoms with E-state index in [9.17, 15) is 9.90 Å². The van der Waals surface area contributed by atoms with Gasteiger partial charge in [-0.1, -0.05) is 60.7 Å². The highest BCUT2D eigenvalue weighted by Crippen LogP contribution is 2.18. The minimum atomic E-state index is -0.837. The number of benzene rings is 2. The smallest absolute Gasteiger partial charge is 0.227 e. The number of nitrogens with zero attached hydrogens (tertiary/aromatic N) is 2. The third-order valence-corrected chi connectivity index (χ3v) is 3.53. The van der Waals surface area contributed by atoms with Gasteiger partial charge in [0.1, 0.15) is 0 Å². The number of carbonyl (C=O) groups is 1. The fourth-order valence-corrected chi connectivity index (χ4v) is 2.31. The van der Waals surface area contributed by atoms with Gasteiger partial charge in [-0.25, -0.2) is 9.97 Å². The van der Waals surface area contributed by atoms with Crippen LogP contribution in [0.5, 0.6) is 0 Å². The second kappa shape index (κ2) is 7.48. The predicted molar refractivity (Wildman–Crippen MR) is 92.1 cm³/mol. The topological polar surface area (TPSA) is 75.1 Å². The van der Waals surface area contributed by atoms with Crippen LogP contribution >= 0.6 is 0 Å². The Hall–Kier alpha value is -3.05. The van der Waals surface area contributed by atoms with Crippen LogP contribution in [0.2, 0.25) is 0 Å². The largest absolute Gasteiger partial charge is 0.388 e. The number of aromatic nitrogens is 2. The van der Waals surface area contributed by atoms with Gasteiger partial charge >= 0.3 is 0 Å². The van der Waals surface area contributed by atoms with Crippen molar-refractivity contribution in [1.29, 1.82) is 0 Å². The number of nitrogens with one attached hydrogen (secondary N) is 1. The molecule has 0 fully saturated rings. The monoisotopic (exact) mass is 319 g/mol. The fourth-order valence-electron chi connectivity index (χ4n) is 2.31. The molecule has 0 aliphatic rings. The number of rotatable bonds is 5. The lowest BCUT2D eigenvalue weighted by Gasteiger charge is -2.11. The van der Waals surface area contributed by atoms with Gasteiger partial charge in [0.25, 0.3) is 0 Å². The lowest BCUT2D eigenvalue weighted by Crippen LogP contribution is -2.15. The van der Waals surface area contributed by atoms with Crippen molar-refractivity contribution < 1.29 is 9.90 Å². The Morgan fingerprint density at radius 2 is 1.54 bits per heavy atom. The molecule has 0 spiro atoms. The quantitative estimate of drug-likeness (QED) is 0.757. The van der Waals surface area contributed by atoms with Crippen LogP contribution in [0.25, 0.3) is 11.4 Å². The molecule has 1 amide bonds. The van der Waals surface area contributed by atoms with Crippen LogP contribution in [-0.4, -0.2) is 21.0 Å². The van der Waals surface area contributed by atoms with Crippen molar-refractivity contribution >= 4 is 11.6 Å². The van der Waals surface area contributed by atoms with Crippen molar-refractivity contribution in [2.45, 2.75) is 12.5 Å². The Morgan fingerprint density at radius 3 is 2.17 bits per heavy atom. The molecule has 5 heteroatoms. The zero-order chi connectivity index (χ0) is 16.8. The van der Waals surface area contributed by atoms with Crippen LogP contribution in [0.4, 0.5) is 5.69 Å². The Balaban J connectivity index is 1.61. The molecule has 0 aliphatic heterocycles. The van der Waals surface area contributed by atoms with E-state index in [-0.39, 0.29) is 12.3 Å². The summed E-state index contributed by atoms with van der Waals surface area (Å²) in [6.45, 7) is 0. The zero-order valence-corrected chi connectivity index (χ0v) is 13.0. The Morgan fingerprint density at radius 1 is 0.958 bits per heavy atom. The number of amides is 1. The lowest BCUT2D eigenvalue weighted by molar-refractivity contribution is -0.118. The van der Waals surface area contributed by atoms with Gasteiger partial charge in [0.15, 0.2) is 5.82 Å². The fraction of sp³-hybridized carbons (Fsp3) is 0.105. The molecule has 0 aliphatic carbocycles. The van der Waals surface area contributed by atoms with Crippen LogP contribution in [0, 0.1) is 0 Å². The lowest BCUT2D eigenvalue weighted by atomic mass is 10.1. The summed E-state index contributed by atoms with van der Waals surface area (Å²) in [5.74, 6) is 0.306. The molecule has 3 aromatic rings. The van der Waals surface area contributed by atoms with E-state index in [1.165, 1.54) is 0 Å². The van der Waals surface area contributed by atoms with Crippen LogP contribution < -0.4 is 5.32 Å². The molecule has 5 nitrogen and oxygen atoms in total. The SMILES string of the molecule is O=C(CC(O)c1ccccc1)Nc1cnc(-c2ccccc2)nc1. The van der Waals surface area contributed by atoms with Gasteiger partial charge in [0.2, 0.25) is 5.91 Å². The highest BCUT2D eigenvalue weighted by atomic mass is 16.3. The molecule has 0 saturated heterocycles. The molecule has 1 atom stereocenters. The molecular formula is C19H17N3O2. The van der Waals surface area contributed by atoms with Crippen molar-refractivity contribution in [1.82, 2.24) is 9.97 Å². The van der Waals surface area contributed by atoms with Gasteiger partial charge in [-0.3, -0.25) is 4.79 Å². The highest BCUT2D eigenvalue weighted by Gasteiger charge is 2.13. The average Bonchev–Trinajstić information content (AvgIpc) is 2.64. The number of aliphatic hydroxyl groups excluding tert-OH is 1. The molecule has 0 bridgehead atoms. The van der Waals surface area contributed by atoms with Crippen LogP contribution in [0.1, 0.15) is 18.1 Å². The summed E-state index contributed by atoms with van der Waals surface area (Å²) in [4.78, 5) is 20.5. The predicted octanol–water partition coefficient (Wildman–Crippen LogP) is 3.21. The van der Waals surface area contributed by atoms with Crippen molar-refractivity contribution in [2.24, 2.45) is 0 Å². The Kier molecular flexibility index (Phi) is 4.93. The van der Waals surface area contributed by atoms with Gasteiger partial charge in [0, 0.05) is 5.56 Å². The van der Waals surface area contributed by atoms with E-state index in [4.69, 9.17) is 0 Å². The molecule has 3 rings (SSSR count). The summed E-state index contributed by atoms with van der Waals surface area (Å²) < 4.78 is 0. The maximum Gasteiger partial charge on any atom is 0.227 e. The molecule has 2 aromatic carbocycles. The summed E-state index contributed by atoms with van der Waals surface area (Å²) in [5, 5.41) is 12.8. The number of hydrogen-bond donors (Lipinski definition) is 2. The zero-order valence-electron chi connectivity index (χ0n) is 13.0. The summed E-state index contributed by atoms with van der Waals surface area (Å²) >= 11 is 0. The van der Waals surface area contributed by atoms with Gasteiger partial charge in [0.05, 0.1) is 30.6 Å². The normalized spacial score (nSPS) is 11.7. The maximum atomic E-state index is 12.0. The maximum absolute atomic E-state index is 12.0. The third-order valence-electron chi connectivity index (χ3n) is 3.53. The molecule has 1 unspecified atom stereocenters. The van der Waals surface area contributed by atoms with E-state index in [0.717, 1.165) is 5.56 Å². The summed E-state index contributed by atoms with van der Waals surface area (Å²) in [6.07, 6.45) is 2.25. The van der Waals surface area contributed by atoms with Gasteiger partial charge in [-0.2, -0.15) is 0 Å². The summed E-state index contributed by atoms with van der Waals surface area (Å²) in [6, 6.07) is 18.7. The Labute approximate surface area is 140 Å². The van der Waals surface area contributed by atoms with Crippen molar-refractivity contribution in [3.8, 4) is 11.4 Å². The minimum Gasteiger partial charge on any atom is -0.388 e. The minimum absolute atomic E-state index is 0.0234. The summed E-state index contributed by atoms with van der Waals surface area (Å²) in [7, 11) is 0. The number of aliphatic hydroxyl groups is 1. The first kappa shape index (κ1) is 15.8. The van der Waals surface area contributed by atoms with E-state index in [1.807, 2.05) is 48.5 Å². The van der Waals surface area contributed by atoms with E-state index in [0.29, 0.717) is 17.1 Å². The van der Waals surface area contributed by atoms with Crippen LogP contribution in [0.3, 0.4) is 0 Å². The van der Waals surface area contributed by atoms with Crippen LogP contribution in [-0.2, 0) is 4.79 Å². The number of anilines is 1. The van der Waals surface area contributed by atoms with Gasteiger partial charge in [-0.05, 0) is 5.56 Å². The molecule has 2 N–H and O–H groups in total. The first-order valence-corrected chi connectivity index (χ1v) is 7.63. The molecule has 0 radical (unpaired) electrons. The van der Waals surface area contributed by atoms with Crippen molar-refractivity contribution in [3.63, 3.8) is 0 Å². The van der Waals surface area contributed by atoms with Gasteiger partial charge in [-0.15, -0.1) is 0 Å². The van der Waals surface area contributed by atoms with Crippen molar-refractivity contribution in [3.05, 3.63) is 78.6 Å². The average molecular weight is 319 g/mol. The number of hydrogen-bond acceptors (Lipinski definition) is 4. The molecule has 1 heterocycles. The van der Waals surface area contributed by atoms with E-state index >= 15 is 0 Å². The Bertz CT molecular complexity index is 790. The van der Waals surface area contributed by atoms with E-state index in [1.54, 1.807) is 24.5 Å². The van der Waals surface area contributed by atoms with Crippen LogP contribution in [0.15, 0.2) is 73.1 Å². The molecule has 120 valence electrons. The second-order valence-corrected chi connectivity index (χ2v) is 5.34. The van der Waals surface area contributed by atoms with E-state index in [2.05, 4.69) is 15.3 Å².